The largest absolute Gasteiger partial charge is 0.265 e. The maximum absolute atomic E-state index is 10.7. The summed E-state index contributed by atoms with van der Waals surface area (Å²) in [6.45, 7) is 0. The van der Waals surface area contributed by atoms with Gasteiger partial charge in [-0.3, -0.25) is 4.68 Å². The van der Waals surface area contributed by atoms with E-state index in [2.05, 4.69) is 21.0 Å². The van der Waals surface area contributed by atoms with E-state index in [1.54, 1.807) is 7.05 Å². The maximum atomic E-state index is 10.7. The van der Waals surface area contributed by atoms with Gasteiger partial charge in [0.2, 0.25) is 0 Å². The number of halogens is 2. The zero-order chi connectivity index (χ0) is 8.65. The Balaban J connectivity index is 3.38. The minimum absolute atomic E-state index is 0.0123. The van der Waals surface area contributed by atoms with Crippen LogP contribution in [0, 0.1) is 0 Å². The first-order valence-electron chi connectivity index (χ1n) is 2.55. The van der Waals surface area contributed by atoms with Gasteiger partial charge in [0.15, 0.2) is 0 Å². The number of aryl methyl sites for hydroxylation is 1. The Morgan fingerprint density at radius 2 is 2.27 bits per heavy atom. The van der Waals surface area contributed by atoms with E-state index in [0.29, 0.717) is 4.60 Å². The smallest absolute Gasteiger partial charge is 0.260 e. The van der Waals surface area contributed by atoms with Crippen LogP contribution in [0.25, 0.3) is 0 Å². The third-order valence-corrected chi connectivity index (χ3v) is 3.62. The average molecular weight is 260 g/mol. The van der Waals surface area contributed by atoms with Gasteiger partial charge in [0.05, 0.1) is 6.20 Å². The summed E-state index contributed by atoms with van der Waals surface area (Å²) in [5.74, 6) is 0. The standard InChI is InChI=1S/C4H4BrClN2O2S/c1-8-4(5)3(2-7-8)11(6,9)10/h2H,1H3. The van der Waals surface area contributed by atoms with E-state index in [1.165, 1.54) is 10.9 Å². The Morgan fingerprint density at radius 3 is 2.45 bits per heavy atom. The van der Waals surface area contributed by atoms with Crippen LogP contribution in [0.2, 0.25) is 0 Å². The van der Waals surface area contributed by atoms with Crippen LogP contribution in [-0.4, -0.2) is 18.2 Å². The van der Waals surface area contributed by atoms with Crippen LogP contribution in [0.15, 0.2) is 15.7 Å². The Bertz CT molecular complexity index is 371. The van der Waals surface area contributed by atoms with Crippen LogP contribution in [0.3, 0.4) is 0 Å². The molecule has 1 aromatic heterocycles. The van der Waals surface area contributed by atoms with Crippen LogP contribution >= 0.6 is 26.6 Å². The number of rotatable bonds is 1. The summed E-state index contributed by atoms with van der Waals surface area (Å²) in [6, 6.07) is 0. The van der Waals surface area contributed by atoms with E-state index in [1.807, 2.05) is 0 Å². The van der Waals surface area contributed by atoms with Gasteiger partial charge in [0.25, 0.3) is 9.05 Å². The highest BCUT2D eigenvalue weighted by molar-refractivity contribution is 9.10. The van der Waals surface area contributed by atoms with Crippen LogP contribution < -0.4 is 0 Å². The van der Waals surface area contributed by atoms with Crippen molar-refractivity contribution in [3.05, 3.63) is 10.8 Å². The molecule has 0 radical (unpaired) electrons. The molecule has 7 heteroatoms. The number of hydrogen-bond donors (Lipinski definition) is 0. The molecule has 0 aliphatic rings. The molecule has 0 aliphatic heterocycles. The topological polar surface area (TPSA) is 52.0 Å². The number of aromatic nitrogens is 2. The molecule has 1 heterocycles. The molecule has 0 amide bonds. The van der Waals surface area contributed by atoms with E-state index in [0.717, 1.165) is 0 Å². The SMILES string of the molecule is Cn1ncc(S(=O)(=O)Cl)c1Br. The van der Waals surface area contributed by atoms with Crippen molar-refractivity contribution in [3.63, 3.8) is 0 Å². The molecule has 0 spiro atoms. The van der Waals surface area contributed by atoms with E-state index in [-0.39, 0.29) is 4.90 Å². The van der Waals surface area contributed by atoms with Crippen molar-refractivity contribution in [2.45, 2.75) is 4.90 Å². The number of hydrogen-bond acceptors (Lipinski definition) is 3. The van der Waals surface area contributed by atoms with Crippen molar-refractivity contribution in [3.8, 4) is 0 Å². The van der Waals surface area contributed by atoms with Crippen molar-refractivity contribution in [1.29, 1.82) is 0 Å². The molecule has 0 bridgehead atoms. The van der Waals surface area contributed by atoms with Gasteiger partial charge in [-0.05, 0) is 15.9 Å². The average Bonchev–Trinajstić information content (AvgIpc) is 2.11. The van der Waals surface area contributed by atoms with E-state index in [9.17, 15) is 8.42 Å². The first-order chi connectivity index (χ1) is 4.93. The summed E-state index contributed by atoms with van der Waals surface area (Å²) < 4.78 is 23.2. The quantitative estimate of drug-likeness (QED) is 0.710. The molecule has 0 aromatic carbocycles. The Morgan fingerprint density at radius 1 is 1.73 bits per heavy atom. The molecule has 1 aromatic rings. The van der Waals surface area contributed by atoms with E-state index < -0.39 is 9.05 Å². The molecule has 4 nitrogen and oxygen atoms in total. The molecule has 0 fully saturated rings. The summed E-state index contributed by atoms with van der Waals surface area (Å²) >= 11 is 3.02. The molecule has 0 saturated heterocycles. The highest BCUT2D eigenvalue weighted by Gasteiger charge is 2.17. The summed E-state index contributed by atoms with van der Waals surface area (Å²) in [7, 11) is 3.00. The van der Waals surface area contributed by atoms with Gasteiger partial charge in [-0.15, -0.1) is 0 Å². The number of nitrogens with zero attached hydrogens (tertiary/aromatic N) is 2. The van der Waals surface area contributed by atoms with Gasteiger partial charge in [-0.1, -0.05) is 0 Å². The van der Waals surface area contributed by atoms with Crippen molar-refractivity contribution in [1.82, 2.24) is 9.78 Å². The first-order valence-corrected chi connectivity index (χ1v) is 5.65. The van der Waals surface area contributed by atoms with Crippen LogP contribution in [0.4, 0.5) is 0 Å². The molecular weight excluding hydrogens is 255 g/mol. The Hall–Kier alpha value is -0.0700. The summed E-state index contributed by atoms with van der Waals surface area (Å²) in [5, 5.41) is 3.69. The fourth-order valence-corrected chi connectivity index (χ4v) is 2.52. The van der Waals surface area contributed by atoms with Gasteiger partial charge in [-0.2, -0.15) is 5.10 Å². The lowest BCUT2D eigenvalue weighted by Crippen LogP contribution is -1.92. The van der Waals surface area contributed by atoms with Gasteiger partial charge in [-0.25, -0.2) is 8.42 Å². The molecule has 0 saturated carbocycles. The van der Waals surface area contributed by atoms with Gasteiger partial charge in [0.1, 0.15) is 9.50 Å². The molecule has 62 valence electrons. The normalized spacial score (nSPS) is 11.9. The van der Waals surface area contributed by atoms with E-state index >= 15 is 0 Å². The Labute approximate surface area is 76.7 Å². The molecule has 1 rings (SSSR count). The zero-order valence-electron chi connectivity index (χ0n) is 5.45. The molecule has 0 unspecified atom stereocenters. The third-order valence-electron chi connectivity index (χ3n) is 1.10. The predicted molar refractivity (Wildman–Crippen MR) is 43.9 cm³/mol. The van der Waals surface area contributed by atoms with Gasteiger partial charge < -0.3 is 0 Å². The molecule has 0 N–H and O–H groups in total. The fourth-order valence-electron chi connectivity index (χ4n) is 0.566. The molecule has 0 atom stereocenters. The van der Waals surface area contributed by atoms with Crippen LogP contribution in [-0.2, 0) is 16.1 Å². The fraction of sp³-hybridized carbons (Fsp3) is 0.250. The lowest BCUT2D eigenvalue weighted by atomic mass is 10.7. The van der Waals surface area contributed by atoms with E-state index in [4.69, 9.17) is 10.7 Å². The summed E-state index contributed by atoms with van der Waals surface area (Å²) in [5.41, 5.74) is 0. The molecule has 11 heavy (non-hydrogen) atoms. The Kier molecular flexibility index (Phi) is 2.27. The monoisotopic (exact) mass is 258 g/mol. The molecule has 0 aliphatic carbocycles. The van der Waals surface area contributed by atoms with Gasteiger partial charge in [0, 0.05) is 17.7 Å². The minimum atomic E-state index is -3.67. The predicted octanol–water partition coefficient (Wildman–Crippen LogP) is 1.11. The van der Waals surface area contributed by atoms with Crippen molar-refractivity contribution in [2.24, 2.45) is 7.05 Å². The highest BCUT2D eigenvalue weighted by Crippen LogP contribution is 2.23. The van der Waals surface area contributed by atoms with Crippen molar-refractivity contribution < 1.29 is 8.42 Å². The second kappa shape index (κ2) is 2.76. The van der Waals surface area contributed by atoms with Crippen LogP contribution in [0.1, 0.15) is 0 Å². The lowest BCUT2D eigenvalue weighted by Gasteiger charge is -1.91. The third kappa shape index (κ3) is 1.74. The maximum Gasteiger partial charge on any atom is 0.265 e. The van der Waals surface area contributed by atoms with Crippen LogP contribution in [0.5, 0.6) is 0 Å². The second-order valence-corrected chi connectivity index (χ2v) is 5.15. The summed E-state index contributed by atoms with van der Waals surface area (Å²) in [6.07, 6.45) is 1.19. The molecular formula is C4H4BrClN2O2S. The highest BCUT2D eigenvalue weighted by atomic mass is 79.9. The van der Waals surface area contributed by atoms with Gasteiger partial charge >= 0.3 is 0 Å². The minimum Gasteiger partial charge on any atom is -0.260 e. The first kappa shape index (κ1) is 9.02. The summed E-state index contributed by atoms with van der Waals surface area (Å²) in [4.78, 5) is -0.0123. The zero-order valence-corrected chi connectivity index (χ0v) is 8.61. The van der Waals surface area contributed by atoms with Crippen molar-refractivity contribution in [2.75, 3.05) is 0 Å². The van der Waals surface area contributed by atoms with Crippen molar-refractivity contribution >= 4 is 35.7 Å². The second-order valence-electron chi connectivity index (χ2n) is 1.86. The lowest BCUT2D eigenvalue weighted by molar-refractivity contribution is 0.608.